The van der Waals surface area contributed by atoms with Gasteiger partial charge in [0.2, 0.25) is 0 Å². The lowest BCUT2D eigenvalue weighted by atomic mass is 9.91. The largest absolute Gasteiger partial charge is 0.506 e. The monoisotopic (exact) mass is 497 g/mol. The summed E-state index contributed by atoms with van der Waals surface area (Å²) in [6.45, 7) is 1.34. The number of phenolic OH excluding ortho intramolecular Hbond substituents is 1. The summed E-state index contributed by atoms with van der Waals surface area (Å²) in [5.41, 5.74) is 2.40. The Morgan fingerprint density at radius 3 is 2.51 bits per heavy atom. The quantitative estimate of drug-likeness (QED) is 0.321. The van der Waals surface area contributed by atoms with E-state index in [-0.39, 0.29) is 16.5 Å². The van der Waals surface area contributed by atoms with Crippen LogP contribution in [0.1, 0.15) is 62.0 Å². The molecule has 35 heavy (non-hydrogen) atoms. The fourth-order valence-electron chi connectivity index (χ4n) is 5.13. The number of benzene rings is 2. The standard InChI is InChI=1S/C27H35N3O4S/c31-23-14-13-22(25-24(23)29-26(32)35-25)20(17-19-9-5-4-6-10-19)18-30(27(33)34)16-15-28-21-11-7-2-1-3-8-12-21/h4-6,9-10,13-14,20-21,28,31H,1-3,7-8,11-12,15-18H2,(H,29,32)(H,33,34). The number of phenols is 1. The number of nitrogens with zero attached hydrogens (tertiary/aromatic N) is 1. The molecular weight excluding hydrogens is 462 g/mol. The molecule has 1 amide bonds. The molecule has 1 aromatic heterocycles. The van der Waals surface area contributed by atoms with Crippen molar-refractivity contribution in [3.63, 3.8) is 0 Å². The van der Waals surface area contributed by atoms with E-state index in [9.17, 15) is 19.8 Å². The van der Waals surface area contributed by atoms with Gasteiger partial charge in [0, 0.05) is 31.6 Å². The summed E-state index contributed by atoms with van der Waals surface area (Å²) >= 11 is 1.06. The predicted octanol–water partition coefficient (Wildman–Crippen LogP) is 5.30. The van der Waals surface area contributed by atoms with Crippen molar-refractivity contribution in [1.29, 1.82) is 0 Å². The molecule has 2 aromatic carbocycles. The van der Waals surface area contributed by atoms with Gasteiger partial charge < -0.3 is 25.4 Å². The molecule has 1 unspecified atom stereocenters. The van der Waals surface area contributed by atoms with Crippen LogP contribution in [0.25, 0.3) is 10.2 Å². The van der Waals surface area contributed by atoms with Crippen LogP contribution in [0, 0.1) is 0 Å². The van der Waals surface area contributed by atoms with Crippen molar-refractivity contribution < 1.29 is 15.0 Å². The highest BCUT2D eigenvalue weighted by molar-refractivity contribution is 7.16. The fourth-order valence-corrected chi connectivity index (χ4v) is 6.08. The van der Waals surface area contributed by atoms with E-state index in [1.54, 1.807) is 6.07 Å². The lowest BCUT2D eigenvalue weighted by Crippen LogP contribution is -2.41. The molecule has 0 saturated heterocycles. The summed E-state index contributed by atoms with van der Waals surface area (Å²) in [4.78, 5) is 28.3. The van der Waals surface area contributed by atoms with Gasteiger partial charge in [-0.05, 0) is 36.5 Å². The van der Waals surface area contributed by atoms with E-state index in [1.165, 1.54) is 37.0 Å². The molecule has 0 bridgehead atoms. The van der Waals surface area contributed by atoms with Crippen molar-refractivity contribution >= 4 is 27.6 Å². The number of carbonyl (C=O) groups is 1. The normalized spacial score (nSPS) is 16.0. The van der Waals surface area contributed by atoms with Gasteiger partial charge in [0.25, 0.3) is 0 Å². The van der Waals surface area contributed by atoms with E-state index < -0.39 is 6.09 Å². The van der Waals surface area contributed by atoms with Gasteiger partial charge >= 0.3 is 11.0 Å². The number of thiazole rings is 1. The molecule has 0 radical (unpaired) electrons. The maximum atomic E-state index is 12.2. The Balaban J connectivity index is 1.52. The molecular formula is C27H35N3O4S. The molecule has 1 aliphatic carbocycles. The molecule has 4 N–H and O–H groups in total. The van der Waals surface area contributed by atoms with Crippen LogP contribution in [0.4, 0.5) is 4.79 Å². The van der Waals surface area contributed by atoms with Gasteiger partial charge in [-0.25, -0.2) is 4.79 Å². The Hall–Kier alpha value is -2.84. The predicted molar refractivity (Wildman–Crippen MR) is 141 cm³/mol. The molecule has 1 aliphatic rings. The first-order valence-electron chi connectivity index (χ1n) is 12.6. The van der Waals surface area contributed by atoms with E-state index >= 15 is 0 Å². The summed E-state index contributed by atoms with van der Waals surface area (Å²) in [5, 5.41) is 23.9. The maximum absolute atomic E-state index is 12.2. The van der Waals surface area contributed by atoms with E-state index in [4.69, 9.17) is 0 Å². The molecule has 7 nitrogen and oxygen atoms in total. The number of fused-ring (bicyclic) bond motifs is 1. The Kier molecular flexibility index (Phi) is 8.82. The molecule has 4 rings (SSSR count). The number of rotatable bonds is 9. The number of amides is 1. The first-order chi connectivity index (χ1) is 17.0. The summed E-state index contributed by atoms with van der Waals surface area (Å²) in [6, 6.07) is 13.8. The van der Waals surface area contributed by atoms with Crippen LogP contribution in [0.15, 0.2) is 47.3 Å². The van der Waals surface area contributed by atoms with Crippen molar-refractivity contribution in [1.82, 2.24) is 15.2 Å². The summed E-state index contributed by atoms with van der Waals surface area (Å²) in [7, 11) is 0. The number of aromatic hydroxyl groups is 1. The van der Waals surface area contributed by atoms with E-state index in [2.05, 4.69) is 10.3 Å². The van der Waals surface area contributed by atoms with Crippen LogP contribution >= 0.6 is 11.3 Å². The van der Waals surface area contributed by atoms with Gasteiger partial charge in [-0.2, -0.15) is 0 Å². The van der Waals surface area contributed by atoms with Crippen LogP contribution < -0.4 is 10.2 Å². The number of hydrogen-bond donors (Lipinski definition) is 4. The average Bonchev–Trinajstić information content (AvgIpc) is 3.22. The molecule has 1 saturated carbocycles. The summed E-state index contributed by atoms with van der Waals surface area (Å²) < 4.78 is 0.689. The van der Waals surface area contributed by atoms with Gasteiger partial charge in [0.15, 0.2) is 0 Å². The summed E-state index contributed by atoms with van der Waals surface area (Å²) in [5.74, 6) is -0.136. The number of H-pyrrole nitrogens is 1. The Labute approximate surface area is 209 Å². The smallest absolute Gasteiger partial charge is 0.407 e. The third-order valence-corrected chi connectivity index (χ3v) is 7.92. The SMILES string of the molecule is O=C(O)N(CCNC1CCCCCCC1)CC(Cc1ccccc1)c1ccc(O)c2[nH]c(=O)sc12. The van der Waals surface area contributed by atoms with Crippen molar-refractivity contribution in [2.45, 2.75) is 63.3 Å². The highest BCUT2D eigenvalue weighted by Gasteiger charge is 2.24. The fraction of sp³-hybridized carbons (Fsp3) is 0.481. The van der Waals surface area contributed by atoms with Crippen LogP contribution in [0.5, 0.6) is 5.75 Å². The number of aromatic amines is 1. The van der Waals surface area contributed by atoms with Gasteiger partial charge in [-0.1, -0.05) is 79.8 Å². The number of hydrogen-bond acceptors (Lipinski definition) is 5. The molecule has 3 aromatic rings. The van der Waals surface area contributed by atoms with Crippen LogP contribution in [0.2, 0.25) is 0 Å². The molecule has 0 aliphatic heterocycles. The van der Waals surface area contributed by atoms with E-state index in [0.29, 0.717) is 42.3 Å². The minimum Gasteiger partial charge on any atom is -0.506 e. The zero-order valence-electron chi connectivity index (χ0n) is 20.0. The van der Waals surface area contributed by atoms with Crippen LogP contribution in [-0.2, 0) is 6.42 Å². The van der Waals surface area contributed by atoms with Crippen LogP contribution in [-0.4, -0.2) is 51.9 Å². The highest BCUT2D eigenvalue weighted by Crippen LogP contribution is 2.34. The second-order valence-electron chi connectivity index (χ2n) is 9.50. The molecule has 0 spiro atoms. The molecule has 188 valence electrons. The van der Waals surface area contributed by atoms with E-state index in [1.807, 2.05) is 36.4 Å². The number of carboxylic acid groups (broad SMARTS) is 1. The Morgan fingerprint density at radius 1 is 1.09 bits per heavy atom. The summed E-state index contributed by atoms with van der Waals surface area (Å²) in [6.07, 6.45) is 8.35. The molecule has 1 atom stereocenters. The highest BCUT2D eigenvalue weighted by atomic mass is 32.1. The van der Waals surface area contributed by atoms with Gasteiger partial charge in [-0.3, -0.25) is 4.79 Å². The first-order valence-corrected chi connectivity index (χ1v) is 13.4. The van der Waals surface area contributed by atoms with Crippen LogP contribution in [0.3, 0.4) is 0 Å². The van der Waals surface area contributed by atoms with Crippen molar-refractivity contribution in [3.8, 4) is 5.75 Å². The second kappa shape index (κ2) is 12.2. The average molecular weight is 498 g/mol. The maximum Gasteiger partial charge on any atom is 0.407 e. The third kappa shape index (κ3) is 6.86. The lowest BCUT2D eigenvalue weighted by Gasteiger charge is -2.28. The minimum absolute atomic E-state index is 0.0269. The van der Waals surface area contributed by atoms with Crippen molar-refractivity contribution in [2.24, 2.45) is 0 Å². The van der Waals surface area contributed by atoms with Gasteiger partial charge in [0.05, 0.1) is 4.70 Å². The third-order valence-electron chi connectivity index (χ3n) is 6.98. The molecule has 8 heteroatoms. The zero-order valence-corrected chi connectivity index (χ0v) is 20.9. The van der Waals surface area contributed by atoms with E-state index in [0.717, 1.165) is 35.3 Å². The molecule has 1 heterocycles. The topological polar surface area (TPSA) is 106 Å². The van der Waals surface area contributed by atoms with Crippen molar-refractivity contribution in [2.75, 3.05) is 19.6 Å². The zero-order chi connectivity index (χ0) is 24.6. The number of nitrogens with one attached hydrogen (secondary N) is 2. The molecule has 1 fully saturated rings. The lowest BCUT2D eigenvalue weighted by molar-refractivity contribution is 0.141. The van der Waals surface area contributed by atoms with Gasteiger partial charge in [-0.15, -0.1) is 0 Å². The minimum atomic E-state index is -0.945. The number of aromatic nitrogens is 1. The van der Waals surface area contributed by atoms with Crippen molar-refractivity contribution in [3.05, 3.63) is 63.3 Å². The van der Waals surface area contributed by atoms with Gasteiger partial charge in [0.1, 0.15) is 11.3 Å². The first kappa shape index (κ1) is 25.3. The Morgan fingerprint density at radius 2 is 1.80 bits per heavy atom. The Bertz CT molecular complexity index is 1150. The second-order valence-corrected chi connectivity index (χ2v) is 10.5.